The van der Waals surface area contributed by atoms with Gasteiger partial charge in [0.15, 0.2) is 0 Å². The number of carboxylic acids is 1. The number of benzene rings is 1. The Kier molecular flexibility index (Phi) is 11.3. The Bertz CT molecular complexity index is 882. The first-order valence-electron chi connectivity index (χ1n) is 13.7. The SMILES string of the molecule is CC(C)(C)[C@@H](OCc1ccccc1)C(=O)N[C@@H](CSC[C@@H]1CCCN1C(=O)CC1CCCCC1)C(=O)O. The molecule has 0 unspecified atom stereocenters. The van der Waals surface area contributed by atoms with Crippen LogP contribution in [-0.4, -0.2) is 64.0 Å². The molecule has 2 amide bonds. The van der Waals surface area contributed by atoms with E-state index in [1.165, 1.54) is 31.0 Å². The molecule has 1 aromatic carbocycles. The molecule has 8 heteroatoms. The molecule has 2 aliphatic rings. The molecule has 0 aromatic heterocycles. The van der Waals surface area contributed by atoms with Crippen molar-refractivity contribution in [3.63, 3.8) is 0 Å². The van der Waals surface area contributed by atoms with Crippen molar-refractivity contribution in [2.45, 2.75) is 96.9 Å². The van der Waals surface area contributed by atoms with Gasteiger partial charge in [0.05, 0.1) is 6.61 Å². The van der Waals surface area contributed by atoms with E-state index in [4.69, 9.17) is 4.74 Å². The van der Waals surface area contributed by atoms with Crippen molar-refractivity contribution < 1.29 is 24.2 Å². The molecule has 3 rings (SSSR count). The van der Waals surface area contributed by atoms with Crippen molar-refractivity contribution in [3.05, 3.63) is 35.9 Å². The fourth-order valence-electron chi connectivity index (χ4n) is 5.31. The van der Waals surface area contributed by atoms with Crippen molar-refractivity contribution in [1.29, 1.82) is 0 Å². The zero-order valence-electron chi connectivity index (χ0n) is 22.6. The van der Waals surface area contributed by atoms with Gasteiger partial charge in [-0.25, -0.2) is 4.79 Å². The molecule has 0 radical (unpaired) electrons. The number of carbonyl (C=O) groups excluding carboxylic acids is 2. The number of hydrogen-bond donors (Lipinski definition) is 2. The number of likely N-dealkylation sites (tertiary alicyclic amines) is 1. The average molecular weight is 533 g/mol. The lowest BCUT2D eigenvalue weighted by molar-refractivity contribution is -0.147. The molecule has 37 heavy (non-hydrogen) atoms. The van der Waals surface area contributed by atoms with Crippen LogP contribution < -0.4 is 5.32 Å². The van der Waals surface area contributed by atoms with Gasteiger partial charge in [0, 0.05) is 30.5 Å². The lowest BCUT2D eigenvalue weighted by atomic mass is 9.86. The molecule has 0 bridgehead atoms. The third-order valence-corrected chi connectivity index (χ3v) is 8.57. The van der Waals surface area contributed by atoms with Gasteiger partial charge in [-0.05, 0) is 42.6 Å². The van der Waals surface area contributed by atoms with Crippen LogP contribution in [0.1, 0.15) is 77.7 Å². The Hall–Kier alpha value is -2.06. The third kappa shape index (κ3) is 9.32. The molecule has 3 atom stereocenters. The van der Waals surface area contributed by atoms with Gasteiger partial charge < -0.3 is 20.1 Å². The first-order chi connectivity index (χ1) is 17.6. The highest BCUT2D eigenvalue weighted by molar-refractivity contribution is 7.99. The number of nitrogens with one attached hydrogen (secondary N) is 1. The zero-order valence-corrected chi connectivity index (χ0v) is 23.4. The van der Waals surface area contributed by atoms with Crippen molar-refractivity contribution in [2.75, 3.05) is 18.1 Å². The highest BCUT2D eigenvalue weighted by Gasteiger charge is 2.35. The van der Waals surface area contributed by atoms with Crippen LogP contribution in [0.3, 0.4) is 0 Å². The largest absolute Gasteiger partial charge is 0.480 e. The summed E-state index contributed by atoms with van der Waals surface area (Å²) in [6, 6.07) is 8.73. The van der Waals surface area contributed by atoms with E-state index in [9.17, 15) is 19.5 Å². The Labute approximate surface area is 226 Å². The molecule has 2 fully saturated rings. The molecule has 1 saturated heterocycles. The minimum absolute atomic E-state index is 0.141. The molecule has 0 spiro atoms. The van der Waals surface area contributed by atoms with Crippen LogP contribution in [0.25, 0.3) is 0 Å². The van der Waals surface area contributed by atoms with E-state index in [2.05, 4.69) is 5.32 Å². The van der Waals surface area contributed by atoms with E-state index in [0.717, 1.165) is 37.8 Å². The maximum absolute atomic E-state index is 13.1. The second-order valence-corrected chi connectivity index (χ2v) is 12.6. The Balaban J connectivity index is 1.50. The number of nitrogens with zero attached hydrogens (tertiary/aromatic N) is 1. The molecule has 206 valence electrons. The van der Waals surface area contributed by atoms with Gasteiger partial charge in [0.1, 0.15) is 12.1 Å². The molecular weight excluding hydrogens is 488 g/mol. The number of hydrogen-bond acceptors (Lipinski definition) is 5. The number of ether oxygens (including phenoxy) is 1. The highest BCUT2D eigenvalue weighted by Crippen LogP contribution is 2.29. The maximum Gasteiger partial charge on any atom is 0.327 e. The Morgan fingerprint density at radius 3 is 2.43 bits per heavy atom. The first-order valence-corrected chi connectivity index (χ1v) is 14.9. The van der Waals surface area contributed by atoms with Crippen molar-refractivity contribution in [2.24, 2.45) is 11.3 Å². The van der Waals surface area contributed by atoms with Crippen LogP contribution in [0.2, 0.25) is 0 Å². The molecule has 1 aromatic rings. The van der Waals surface area contributed by atoms with Crippen LogP contribution in [0.15, 0.2) is 30.3 Å². The molecule has 1 aliphatic carbocycles. The summed E-state index contributed by atoms with van der Waals surface area (Å²) in [5.41, 5.74) is 0.451. The van der Waals surface area contributed by atoms with E-state index in [1.54, 1.807) is 0 Å². The number of carboxylic acid groups (broad SMARTS) is 1. The summed E-state index contributed by atoms with van der Waals surface area (Å²) in [7, 11) is 0. The van der Waals surface area contributed by atoms with E-state index < -0.39 is 29.4 Å². The number of amides is 2. The molecule has 2 N–H and O–H groups in total. The lowest BCUT2D eigenvalue weighted by Gasteiger charge is -2.31. The fourth-order valence-corrected chi connectivity index (χ4v) is 6.53. The summed E-state index contributed by atoms with van der Waals surface area (Å²) in [4.78, 5) is 40.1. The van der Waals surface area contributed by atoms with Crippen LogP contribution in [0.4, 0.5) is 0 Å². The monoisotopic (exact) mass is 532 g/mol. The zero-order chi connectivity index (χ0) is 26.8. The van der Waals surface area contributed by atoms with Crippen LogP contribution in [0, 0.1) is 11.3 Å². The van der Waals surface area contributed by atoms with E-state index in [-0.39, 0.29) is 24.3 Å². The molecule has 1 heterocycles. The second kappa shape index (κ2) is 14.2. The lowest BCUT2D eigenvalue weighted by Crippen LogP contribution is -2.51. The summed E-state index contributed by atoms with van der Waals surface area (Å²) in [6.07, 6.45) is 7.85. The number of aliphatic carboxylic acids is 1. The smallest absolute Gasteiger partial charge is 0.327 e. The minimum atomic E-state index is -1.06. The topological polar surface area (TPSA) is 95.9 Å². The second-order valence-electron chi connectivity index (χ2n) is 11.6. The standard InChI is InChI=1S/C29H44N2O5S/c1-29(2,3)26(36-18-22-13-8-5-9-14-22)27(33)30-24(28(34)35)20-37-19-23-15-10-16-31(23)25(32)17-21-11-6-4-7-12-21/h5,8-9,13-14,21,23-24,26H,4,6-7,10-12,15-20H2,1-3H3,(H,30,33)(H,34,35)/t23-,24-,26-/m0/s1. The van der Waals surface area contributed by atoms with E-state index in [0.29, 0.717) is 18.1 Å². The number of carbonyl (C=O) groups is 3. The first kappa shape index (κ1) is 29.5. The van der Waals surface area contributed by atoms with Crippen molar-refractivity contribution in [3.8, 4) is 0 Å². The van der Waals surface area contributed by atoms with Crippen molar-refractivity contribution >= 4 is 29.5 Å². The Morgan fingerprint density at radius 2 is 1.78 bits per heavy atom. The predicted molar refractivity (Wildman–Crippen MR) is 147 cm³/mol. The number of rotatable bonds is 12. The normalized spacial score (nSPS) is 20.4. The molecule has 1 aliphatic heterocycles. The quantitative estimate of drug-likeness (QED) is 0.398. The summed E-state index contributed by atoms with van der Waals surface area (Å²) >= 11 is 1.50. The van der Waals surface area contributed by atoms with Crippen LogP contribution >= 0.6 is 11.8 Å². The van der Waals surface area contributed by atoms with Gasteiger partial charge in [-0.3, -0.25) is 9.59 Å². The third-order valence-electron chi connectivity index (χ3n) is 7.38. The van der Waals surface area contributed by atoms with E-state index in [1.807, 2.05) is 56.0 Å². The maximum atomic E-state index is 13.1. The van der Waals surface area contributed by atoms with Gasteiger partial charge in [-0.1, -0.05) is 70.4 Å². The predicted octanol–water partition coefficient (Wildman–Crippen LogP) is 4.88. The summed E-state index contributed by atoms with van der Waals surface area (Å²) in [5.74, 6) is 0.221. The molecular formula is C29H44N2O5S. The molecule has 7 nitrogen and oxygen atoms in total. The van der Waals surface area contributed by atoms with Crippen LogP contribution in [0.5, 0.6) is 0 Å². The van der Waals surface area contributed by atoms with Gasteiger partial charge in [-0.15, -0.1) is 0 Å². The van der Waals surface area contributed by atoms with Crippen LogP contribution in [-0.2, 0) is 25.7 Å². The van der Waals surface area contributed by atoms with Gasteiger partial charge >= 0.3 is 5.97 Å². The van der Waals surface area contributed by atoms with Gasteiger partial charge in [-0.2, -0.15) is 11.8 Å². The summed E-state index contributed by atoms with van der Waals surface area (Å²) < 4.78 is 5.97. The number of thioether (sulfide) groups is 1. The van der Waals surface area contributed by atoms with Gasteiger partial charge in [0.25, 0.3) is 0 Å². The fraction of sp³-hybridized carbons (Fsp3) is 0.690. The minimum Gasteiger partial charge on any atom is -0.480 e. The Morgan fingerprint density at radius 1 is 1.08 bits per heavy atom. The van der Waals surface area contributed by atoms with E-state index >= 15 is 0 Å². The summed E-state index contributed by atoms with van der Waals surface area (Å²) in [6.45, 7) is 6.79. The highest BCUT2D eigenvalue weighted by atomic mass is 32.2. The van der Waals surface area contributed by atoms with Crippen molar-refractivity contribution in [1.82, 2.24) is 10.2 Å². The van der Waals surface area contributed by atoms with Gasteiger partial charge in [0.2, 0.25) is 11.8 Å². The summed E-state index contributed by atoms with van der Waals surface area (Å²) in [5, 5.41) is 12.5. The molecule has 1 saturated carbocycles. The average Bonchev–Trinajstić information content (AvgIpc) is 3.32.